The number of aryl methyl sites for hydroxylation is 2. The summed E-state index contributed by atoms with van der Waals surface area (Å²) in [5, 5.41) is 3.34. The standard InChI is InChI=1S/C6H7ClN2O/c1-4-3-9(2)8-5(4)6(7)10/h3H,1-2H3. The van der Waals surface area contributed by atoms with Crippen LogP contribution in [-0.4, -0.2) is 15.0 Å². The van der Waals surface area contributed by atoms with Gasteiger partial charge >= 0.3 is 0 Å². The minimum absolute atomic E-state index is 0.337. The molecule has 0 aliphatic heterocycles. The van der Waals surface area contributed by atoms with Crippen LogP contribution in [0.5, 0.6) is 0 Å². The molecule has 54 valence electrons. The summed E-state index contributed by atoms with van der Waals surface area (Å²) in [6.07, 6.45) is 1.75. The molecule has 0 atom stereocenters. The van der Waals surface area contributed by atoms with E-state index in [1.807, 2.05) is 0 Å². The number of carbonyl (C=O) groups excluding carboxylic acids is 1. The first-order chi connectivity index (χ1) is 4.61. The Kier molecular flexibility index (Phi) is 1.76. The van der Waals surface area contributed by atoms with Gasteiger partial charge in [-0.05, 0) is 24.1 Å². The first-order valence-corrected chi connectivity index (χ1v) is 3.19. The molecule has 0 bridgehead atoms. The van der Waals surface area contributed by atoms with Crippen molar-refractivity contribution in [3.8, 4) is 0 Å². The van der Waals surface area contributed by atoms with E-state index in [9.17, 15) is 4.79 Å². The van der Waals surface area contributed by atoms with E-state index in [0.717, 1.165) is 5.56 Å². The Morgan fingerprint density at radius 1 is 1.80 bits per heavy atom. The van der Waals surface area contributed by atoms with E-state index in [-0.39, 0.29) is 0 Å². The molecule has 1 heterocycles. The van der Waals surface area contributed by atoms with Crippen molar-refractivity contribution in [3.05, 3.63) is 17.5 Å². The van der Waals surface area contributed by atoms with Crippen molar-refractivity contribution in [2.75, 3.05) is 0 Å². The average Bonchev–Trinajstić information content (AvgIpc) is 2.10. The minimum atomic E-state index is -0.502. The van der Waals surface area contributed by atoms with E-state index >= 15 is 0 Å². The highest BCUT2D eigenvalue weighted by Crippen LogP contribution is 2.06. The highest BCUT2D eigenvalue weighted by molar-refractivity contribution is 6.67. The monoisotopic (exact) mass is 158 g/mol. The Morgan fingerprint density at radius 2 is 2.40 bits per heavy atom. The lowest BCUT2D eigenvalue weighted by Crippen LogP contribution is -1.94. The Bertz CT molecular complexity index is 267. The molecule has 1 aromatic rings. The van der Waals surface area contributed by atoms with Crippen LogP contribution in [-0.2, 0) is 7.05 Å². The summed E-state index contributed by atoms with van der Waals surface area (Å²) in [5.41, 5.74) is 1.15. The molecule has 0 radical (unpaired) electrons. The smallest absolute Gasteiger partial charge is 0.272 e. The number of halogens is 1. The van der Waals surface area contributed by atoms with Crippen LogP contribution >= 0.6 is 11.6 Å². The van der Waals surface area contributed by atoms with Gasteiger partial charge in [0.25, 0.3) is 5.24 Å². The Balaban J connectivity index is 3.15. The molecule has 0 spiro atoms. The molecule has 0 unspecified atom stereocenters. The molecule has 0 fully saturated rings. The third-order valence-electron chi connectivity index (χ3n) is 1.20. The topological polar surface area (TPSA) is 34.9 Å². The number of rotatable bonds is 1. The third kappa shape index (κ3) is 1.19. The zero-order valence-corrected chi connectivity index (χ0v) is 6.51. The van der Waals surface area contributed by atoms with Crippen molar-refractivity contribution >= 4 is 16.8 Å². The van der Waals surface area contributed by atoms with Crippen molar-refractivity contribution in [3.63, 3.8) is 0 Å². The molecule has 0 aliphatic carbocycles. The summed E-state index contributed by atoms with van der Waals surface area (Å²) in [5.74, 6) is 0. The maximum atomic E-state index is 10.6. The van der Waals surface area contributed by atoms with Gasteiger partial charge in [-0.3, -0.25) is 9.48 Å². The Labute approximate surface area is 63.6 Å². The van der Waals surface area contributed by atoms with Gasteiger partial charge in [-0.15, -0.1) is 0 Å². The van der Waals surface area contributed by atoms with Crippen LogP contribution in [0.2, 0.25) is 0 Å². The van der Waals surface area contributed by atoms with Crippen LogP contribution in [0, 0.1) is 6.92 Å². The second-order valence-corrected chi connectivity index (χ2v) is 2.45. The largest absolute Gasteiger partial charge is 0.275 e. The molecule has 0 N–H and O–H groups in total. The van der Waals surface area contributed by atoms with Gasteiger partial charge in [-0.2, -0.15) is 5.10 Å². The van der Waals surface area contributed by atoms with Crippen LogP contribution in [0.25, 0.3) is 0 Å². The number of aromatic nitrogens is 2. The molecule has 10 heavy (non-hydrogen) atoms. The Morgan fingerprint density at radius 3 is 2.60 bits per heavy atom. The zero-order chi connectivity index (χ0) is 7.72. The normalized spacial score (nSPS) is 9.90. The van der Waals surface area contributed by atoms with E-state index in [2.05, 4.69) is 5.10 Å². The number of carbonyl (C=O) groups is 1. The zero-order valence-electron chi connectivity index (χ0n) is 5.76. The van der Waals surface area contributed by atoms with Gasteiger partial charge in [-0.25, -0.2) is 0 Å². The predicted octanol–water partition coefficient (Wildman–Crippen LogP) is 1.11. The van der Waals surface area contributed by atoms with Crippen molar-refractivity contribution < 1.29 is 4.79 Å². The molecule has 0 saturated heterocycles. The SMILES string of the molecule is Cc1cn(C)nc1C(=O)Cl. The second kappa shape index (κ2) is 2.42. The van der Waals surface area contributed by atoms with Crippen LogP contribution < -0.4 is 0 Å². The lowest BCUT2D eigenvalue weighted by molar-refractivity contribution is 0.107. The van der Waals surface area contributed by atoms with E-state index in [4.69, 9.17) is 11.6 Å². The van der Waals surface area contributed by atoms with Gasteiger partial charge in [0.05, 0.1) is 0 Å². The van der Waals surface area contributed by atoms with E-state index in [0.29, 0.717) is 5.69 Å². The fourth-order valence-corrected chi connectivity index (χ4v) is 0.988. The summed E-state index contributed by atoms with van der Waals surface area (Å²) < 4.78 is 1.56. The Hall–Kier alpha value is -0.830. The van der Waals surface area contributed by atoms with Gasteiger partial charge in [-0.1, -0.05) is 0 Å². The van der Waals surface area contributed by atoms with E-state index < -0.39 is 5.24 Å². The average molecular weight is 159 g/mol. The van der Waals surface area contributed by atoms with Crippen LogP contribution in [0.3, 0.4) is 0 Å². The van der Waals surface area contributed by atoms with Crippen molar-refractivity contribution in [1.82, 2.24) is 9.78 Å². The fourth-order valence-electron chi connectivity index (χ4n) is 0.801. The molecular formula is C6H7ClN2O. The summed E-state index contributed by atoms with van der Waals surface area (Å²) in [4.78, 5) is 10.6. The highest BCUT2D eigenvalue weighted by Gasteiger charge is 2.08. The molecule has 4 heteroatoms. The second-order valence-electron chi connectivity index (χ2n) is 2.11. The first-order valence-electron chi connectivity index (χ1n) is 2.81. The van der Waals surface area contributed by atoms with Gasteiger partial charge in [0.1, 0.15) is 5.69 Å². The molecule has 0 aromatic carbocycles. The highest BCUT2D eigenvalue weighted by atomic mass is 35.5. The van der Waals surface area contributed by atoms with Crippen molar-refractivity contribution in [1.29, 1.82) is 0 Å². The molecule has 1 aromatic heterocycles. The predicted molar refractivity (Wildman–Crippen MR) is 38.1 cm³/mol. The van der Waals surface area contributed by atoms with Crippen LogP contribution in [0.4, 0.5) is 0 Å². The number of nitrogens with zero attached hydrogens (tertiary/aromatic N) is 2. The maximum absolute atomic E-state index is 10.6. The van der Waals surface area contributed by atoms with Gasteiger partial charge in [0.2, 0.25) is 0 Å². The van der Waals surface area contributed by atoms with Gasteiger partial charge in [0.15, 0.2) is 0 Å². The lowest BCUT2D eigenvalue weighted by atomic mass is 10.3. The number of hydrogen-bond donors (Lipinski definition) is 0. The van der Waals surface area contributed by atoms with Crippen LogP contribution in [0.15, 0.2) is 6.20 Å². The van der Waals surface area contributed by atoms with Crippen molar-refractivity contribution in [2.45, 2.75) is 6.92 Å². The molecule has 0 amide bonds. The quantitative estimate of drug-likeness (QED) is 0.574. The van der Waals surface area contributed by atoms with Crippen LogP contribution in [0.1, 0.15) is 16.1 Å². The summed E-state index contributed by atoms with van der Waals surface area (Å²) in [7, 11) is 1.75. The molecular weight excluding hydrogens is 152 g/mol. The summed E-state index contributed by atoms with van der Waals surface area (Å²) in [6.45, 7) is 1.79. The molecule has 3 nitrogen and oxygen atoms in total. The molecule has 0 aliphatic rings. The van der Waals surface area contributed by atoms with Gasteiger partial charge < -0.3 is 0 Å². The summed E-state index contributed by atoms with van der Waals surface area (Å²) in [6, 6.07) is 0. The number of hydrogen-bond acceptors (Lipinski definition) is 2. The van der Waals surface area contributed by atoms with Gasteiger partial charge in [0, 0.05) is 13.2 Å². The maximum Gasteiger partial charge on any atom is 0.272 e. The minimum Gasteiger partial charge on any atom is -0.275 e. The third-order valence-corrected chi connectivity index (χ3v) is 1.38. The van der Waals surface area contributed by atoms with Crippen molar-refractivity contribution in [2.24, 2.45) is 7.05 Å². The summed E-state index contributed by atoms with van der Waals surface area (Å²) >= 11 is 5.21. The fraction of sp³-hybridized carbons (Fsp3) is 0.333. The molecule has 0 saturated carbocycles. The molecule has 1 rings (SSSR count). The lowest BCUT2D eigenvalue weighted by Gasteiger charge is -1.84. The van der Waals surface area contributed by atoms with E-state index in [1.165, 1.54) is 0 Å². The first kappa shape index (κ1) is 7.28. The van der Waals surface area contributed by atoms with E-state index in [1.54, 1.807) is 24.9 Å².